The molecule has 2 aromatic carbocycles. The normalized spacial score (nSPS) is 17.1. The number of carbonyl (C=O) groups excluding carboxylic acids is 1. The molecular formula is C20H18FN3O2. The van der Waals surface area contributed by atoms with Gasteiger partial charge >= 0.3 is 0 Å². The minimum Gasteiger partial charge on any atom is -0.339 e. The van der Waals surface area contributed by atoms with Crippen molar-refractivity contribution >= 4 is 11.6 Å². The third kappa shape index (κ3) is 2.98. The van der Waals surface area contributed by atoms with Crippen LogP contribution in [0.3, 0.4) is 0 Å². The lowest BCUT2D eigenvalue weighted by atomic mass is 10.1. The van der Waals surface area contributed by atoms with Gasteiger partial charge in [0.25, 0.3) is 0 Å². The quantitative estimate of drug-likeness (QED) is 0.715. The molecule has 6 heteroatoms. The highest BCUT2D eigenvalue weighted by atomic mass is 19.1. The molecule has 2 heterocycles. The Bertz CT molecular complexity index is 983. The molecule has 0 saturated carbocycles. The predicted molar refractivity (Wildman–Crippen MR) is 95.3 cm³/mol. The van der Waals surface area contributed by atoms with E-state index in [1.807, 2.05) is 38.1 Å². The molecule has 4 rings (SSSR count). The minimum atomic E-state index is -0.407. The second-order valence-electron chi connectivity index (χ2n) is 6.69. The van der Waals surface area contributed by atoms with Crippen LogP contribution >= 0.6 is 0 Å². The van der Waals surface area contributed by atoms with Crippen molar-refractivity contribution in [1.82, 2.24) is 10.1 Å². The molecule has 132 valence electrons. The maximum Gasteiger partial charge on any atom is 0.232 e. The number of aryl methyl sites for hydroxylation is 2. The average molecular weight is 351 g/mol. The number of hydrogen-bond donors (Lipinski definition) is 0. The zero-order chi connectivity index (χ0) is 18.3. The largest absolute Gasteiger partial charge is 0.339 e. The molecule has 0 N–H and O–H groups in total. The van der Waals surface area contributed by atoms with E-state index >= 15 is 0 Å². The van der Waals surface area contributed by atoms with E-state index < -0.39 is 5.82 Å². The monoisotopic (exact) mass is 351 g/mol. The van der Waals surface area contributed by atoms with Gasteiger partial charge in [-0.05, 0) is 37.6 Å². The lowest BCUT2D eigenvalue weighted by molar-refractivity contribution is -0.117. The number of benzene rings is 2. The van der Waals surface area contributed by atoms with Crippen LogP contribution in [0.1, 0.15) is 29.4 Å². The van der Waals surface area contributed by atoms with Crippen LogP contribution in [0.25, 0.3) is 11.4 Å². The van der Waals surface area contributed by atoms with Crippen LogP contribution in [-0.4, -0.2) is 22.6 Å². The molecule has 1 unspecified atom stereocenters. The first kappa shape index (κ1) is 16.4. The highest BCUT2D eigenvalue weighted by Crippen LogP contribution is 2.33. The van der Waals surface area contributed by atoms with E-state index in [4.69, 9.17) is 4.52 Å². The second kappa shape index (κ2) is 6.37. The maximum atomic E-state index is 14.1. The maximum absolute atomic E-state index is 14.1. The van der Waals surface area contributed by atoms with Gasteiger partial charge in [-0.15, -0.1) is 0 Å². The Hall–Kier alpha value is -3.02. The Labute approximate surface area is 150 Å². The smallest absolute Gasteiger partial charge is 0.232 e. The molecule has 1 aromatic heterocycles. The van der Waals surface area contributed by atoms with Crippen LogP contribution in [0, 0.1) is 19.7 Å². The first-order chi connectivity index (χ1) is 12.5. The first-order valence-electron chi connectivity index (χ1n) is 8.48. The summed E-state index contributed by atoms with van der Waals surface area (Å²) >= 11 is 0. The van der Waals surface area contributed by atoms with Gasteiger partial charge in [0.2, 0.25) is 17.6 Å². The van der Waals surface area contributed by atoms with Crippen molar-refractivity contribution in [2.45, 2.75) is 26.2 Å². The van der Waals surface area contributed by atoms with Crippen LogP contribution in [0.5, 0.6) is 0 Å². The van der Waals surface area contributed by atoms with E-state index in [0.29, 0.717) is 23.9 Å². The van der Waals surface area contributed by atoms with Crippen molar-refractivity contribution in [3.63, 3.8) is 0 Å². The predicted octanol–water partition coefficient (Wildman–Crippen LogP) is 4.01. The van der Waals surface area contributed by atoms with Gasteiger partial charge in [0, 0.05) is 18.5 Å². The molecule has 5 nitrogen and oxygen atoms in total. The topological polar surface area (TPSA) is 59.2 Å². The summed E-state index contributed by atoms with van der Waals surface area (Å²) in [6, 6.07) is 12.6. The van der Waals surface area contributed by atoms with Gasteiger partial charge in [0.15, 0.2) is 0 Å². The molecule has 1 amide bonds. The van der Waals surface area contributed by atoms with Crippen molar-refractivity contribution in [2.75, 3.05) is 11.4 Å². The summed E-state index contributed by atoms with van der Waals surface area (Å²) in [6.07, 6.45) is 0.225. The molecular weight excluding hydrogens is 333 g/mol. The lowest BCUT2D eigenvalue weighted by Gasteiger charge is -2.17. The number of halogens is 1. The van der Waals surface area contributed by atoms with Crippen molar-refractivity contribution in [1.29, 1.82) is 0 Å². The van der Waals surface area contributed by atoms with Gasteiger partial charge in [-0.3, -0.25) is 4.79 Å². The number of aromatic nitrogens is 2. The lowest BCUT2D eigenvalue weighted by Crippen LogP contribution is -2.25. The Morgan fingerprint density at radius 2 is 1.96 bits per heavy atom. The highest BCUT2D eigenvalue weighted by Gasteiger charge is 2.36. The summed E-state index contributed by atoms with van der Waals surface area (Å²) in [5.41, 5.74) is 3.17. The second-order valence-corrected chi connectivity index (χ2v) is 6.69. The summed E-state index contributed by atoms with van der Waals surface area (Å²) in [5, 5.41) is 4.04. The molecule has 1 fully saturated rings. The van der Waals surface area contributed by atoms with Gasteiger partial charge in [0.05, 0.1) is 11.6 Å². The summed E-state index contributed by atoms with van der Waals surface area (Å²) in [7, 11) is 0. The fourth-order valence-corrected chi connectivity index (χ4v) is 3.24. The molecule has 1 aliphatic heterocycles. The molecule has 26 heavy (non-hydrogen) atoms. The van der Waals surface area contributed by atoms with Crippen LogP contribution < -0.4 is 4.90 Å². The van der Waals surface area contributed by atoms with Crippen molar-refractivity contribution in [3.8, 4) is 11.4 Å². The molecule has 1 atom stereocenters. The Balaban J connectivity index is 1.59. The number of amides is 1. The Morgan fingerprint density at radius 1 is 1.15 bits per heavy atom. The van der Waals surface area contributed by atoms with Crippen LogP contribution in [0.2, 0.25) is 0 Å². The molecule has 0 bridgehead atoms. The van der Waals surface area contributed by atoms with E-state index in [2.05, 4.69) is 10.1 Å². The molecule has 1 aliphatic rings. The highest BCUT2D eigenvalue weighted by molar-refractivity contribution is 5.96. The fourth-order valence-electron chi connectivity index (χ4n) is 3.24. The molecule has 0 spiro atoms. The third-order valence-corrected chi connectivity index (χ3v) is 4.58. The van der Waals surface area contributed by atoms with Gasteiger partial charge in [0.1, 0.15) is 5.82 Å². The molecule has 3 aromatic rings. The zero-order valence-electron chi connectivity index (χ0n) is 14.6. The van der Waals surface area contributed by atoms with E-state index in [1.165, 1.54) is 11.0 Å². The zero-order valence-corrected chi connectivity index (χ0v) is 14.6. The Kier molecular flexibility index (Phi) is 4.03. The minimum absolute atomic E-state index is 0.144. The summed E-state index contributed by atoms with van der Waals surface area (Å²) in [6.45, 7) is 4.19. The first-order valence-corrected chi connectivity index (χ1v) is 8.48. The van der Waals surface area contributed by atoms with E-state index in [-0.39, 0.29) is 18.2 Å². The number of hydrogen-bond acceptors (Lipinski definition) is 4. The van der Waals surface area contributed by atoms with Crippen molar-refractivity contribution in [3.05, 3.63) is 65.3 Å². The van der Waals surface area contributed by atoms with Gasteiger partial charge < -0.3 is 9.42 Å². The molecule has 1 saturated heterocycles. The van der Waals surface area contributed by atoms with Crippen LogP contribution in [0.15, 0.2) is 47.0 Å². The van der Waals surface area contributed by atoms with Gasteiger partial charge in [-0.1, -0.05) is 35.0 Å². The van der Waals surface area contributed by atoms with Gasteiger partial charge in [-0.2, -0.15) is 4.98 Å². The van der Waals surface area contributed by atoms with Crippen LogP contribution in [0.4, 0.5) is 10.1 Å². The SMILES string of the molecule is Cc1cccc(-c2noc(C3CC(=O)N(c4cc(C)ccc4F)C3)n2)c1. The number of nitrogens with zero attached hydrogens (tertiary/aromatic N) is 3. The fraction of sp³-hybridized carbons (Fsp3) is 0.250. The van der Waals surface area contributed by atoms with Crippen molar-refractivity contribution < 1.29 is 13.7 Å². The van der Waals surface area contributed by atoms with Crippen LogP contribution in [-0.2, 0) is 4.79 Å². The Morgan fingerprint density at radius 3 is 2.77 bits per heavy atom. The van der Waals surface area contributed by atoms with Gasteiger partial charge in [-0.25, -0.2) is 4.39 Å². The van der Waals surface area contributed by atoms with E-state index in [0.717, 1.165) is 16.7 Å². The third-order valence-electron chi connectivity index (χ3n) is 4.58. The molecule has 0 aliphatic carbocycles. The average Bonchev–Trinajstić information content (AvgIpc) is 3.24. The standard InChI is InChI=1S/C20H18FN3O2/c1-12-4-3-5-14(8-12)19-22-20(26-23-19)15-10-18(25)24(11-15)17-9-13(2)6-7-16(17)21/h3-9,15H,10-11H2,1-2H3. The van der Waals surface area contributed by atoms with Crippen molar-refractivity contribution in [2.24, 2.45) is 0 Å². The summed E-state index contributed by atoms with van der Waals surface area (Å²) in [5.74, 6) is 0.112. The van der Waals surface area contributed by atoms with E-state index in [9.17, 15) is 9.18 Å². The number of rotatable bonds is 3. The molecule has 0 radical (unpaired) electrons. The summed E-state index contributed by atoms with van der Waals surface area (Å²) < 4.78 is 19.5. The number of anilines is 1. The van der Waals surface area contributed by atoms with E-state index in [1.54, 1.807) is 12.1 Å². The number of carbonyl (C=O) groups is 1. The summed E-state index contributed by atoms with van der Waals surface area (Å²) in [4.78, 5) is 18.3.